The van der Waals surface area contributed by atoms with Gasteiger partial charge < -0.3 is 29.7 Å². The predicted molar refractivity (Wildman–Crippen MR) is 113 cm³/mol. The second kappa shape index (κ2) is 9.45. The highest BCUT2D eigenvalue weighted by atomic mass is 16.7. The number of benzene rings is 1. The number of morpholine rings is 1. The summed E-state index contributed by atoms with van der Waals surface area (Å²) in [5, 5.41) is 6.10. The van der Waals surface area contributed by atoms with E-state index in [1.165, 1.54) is 6.08 Å². The maximum atomic E-state index is 12.1. The van der Waals surface area contributed by atoms with Gasteiger partial charge in [-0.1, -0.05) is 6.07 Å². The molecule has 1 amide bonds. The molecular formula is C21H25N5O4. The second-order valence-corrected chi connectivity index (χ2v) is 6.92. The normalized spacial score (nSPS) is 15.4. The summed E-state index contributed by atoms with van der Waals surface area (Å²) in [5.41, 5.74) is 0.875. The van der Waals surface area contributed by atoms with E-state index in [0.29, 0.717) is 37.9 Å². The molecule has 1 saturated heterocycles. The third kappa shape index (κ3) is 5.18. The van der Waals surface area contributed by atoms with Crippen LogP contribution in [0.4, 0.5) is 11.6 Å². The molecule has 158 valence electrons. The van der Waals surface area contributed by atoms with Crippen LogP contribution in [0.15, 0.2) is 30.3 Å². The minimum atomic E-state index is -0.164. The van der Waals surface area contributed by atoms with Crippen LogP contribution in [-0.2, 0) is 9.53 Å². The van der Waals surface area contributed by atoms with Crippen LogP contribution in [0, 0.1) is 6.92 Å². The molecule has 30 heavy (non-hydrogen) atoms. The number of rotatable bonds is 7. The number of amides is 1. The average Bonchev–Trinajstić information content (AvgIpc) is 3.23. The van der Waals surface area contributed by atoms with Crippen LogP contribution in [-0.4, -0.2) is 62.1 Å². The maximum absolute atomic E-state index is 12.1. The summed E-state index contributed by atoms with van der Waals surface area (Å²) in [7, 11) is 0. The maximum Gasteiger partial charge on any atom is 0.244 e. The first-order valence-corrected chi connectivity index (χ1v) is 9.95. The average molecular weight is 411 g/mol. The molecule has 0 spiro atoms. The molecule has 2 N–H and O–H groups in total. The number of fused-ring (bicyclic) bond motifs is 1. The molecule has 0 aliphatic carbocycles. The van der Waals surface area contributed by atoms with Gasteiger partial charge in [-0.3, -0.25) is 4.79 Å². The Morgan fingerprint density at radius 2 is 1.97 bits per heavy atom. The van der Waals surface area contributed by atoms with Crippen molar-refractivity contribution in [1.82, 2.24) is 15.3 Å². The van der Waals surface area contributed by atoms with Crippen molar-refractivity contribution in [3.63, 3.8) is 0 Å². The van der Waals surface area contributed by atoms with Gasteiger partial charge in [0.15, 0.2) is 11.5 Å². The standard InChI is InChI=1S/C21H25N5O4/c1-15-24-19(13-20(25-15)26-8-10-28-11-9-26)22-6-7-23-21(27)5-3-16-2-4-17-18(12-16)30-14-29-17/h2-5,12-13H,6-11,14H2,1H3,(H,23,27)(H,22,24,25)/b5-3+. The van der Waals surface area contributed by atoms with Crippen molar-refractivity contribution in [2.45, 2.75) is 6.92 Å². The number of anilines is 2. The van der Waals surface area contributed by atoms with Crippen LogP contribution in [0.2, 0.25) is 0 Å². The van der Waals surface area contributed by atoms with Crippen LogP contribution in [0.25, 0.3) is 6.08 Å². The lowest BCUT2D eigenvalue weighted by molar-refractivity contribution is -0.116. The minimum absolute atomic E-state index is 0.164. The fraction of sp³-hybridized carbons (Fsp3) is 0.381. The SMILES string of the molecule is Cc1nc(NCCNC(=O)/C=C/c2ccc3c(c2)OCO3)cc(N2CCOCC2)n1. The van der Waals surface area contributed by atoms with Crippen LogP contribution in [0.1, 0.15) is 11.4 Å². The number of ether oxygens (including phenoxy) is 3. The number of hydrogen-bond acceptors (Lipinski definition) is 8. The molecule has 0 atom stereocenters. The van der Waals surface area contributed by atoms with Crippen LogP contribution < -0.4 is 25.0 Å². The van der Waals surface area contributed by atoms with Crippen molar-refractivity contribution in [3.8, 4) is 11.5 Å². The summed E-state index contributed by atoms with van der Waals surface area (Å²) in [6.45, 7) is 6.19. The van der Waals surface area contributed by atoms with Gasteiger partial charge in [0.05, 0.1) is 13.2 Å². The van der Waals surface area contributed by atoms with Crippen molar-refractivity contribution in [1.29, 1.82) is 0 Å². The number of aromatic nitrogens is 2. The molecule has 3 heterocycles. The van der Waals surface area contributed by atoms with E-state index >= 15 is 0 Å². The Labute approximate surface area is 175 Å². The molecule has 2 aromatic rings. The zero-order valence-electron chi connectivity index (χ0n) is 16.9. The van der Waals surface area contributed by atoms with Crippen molar-refractivity contribution in [2.24, 2.45) is 0 Å². The highest BCUT2D eigenvalue weighted by Gasteiger charge is 2.14. The van der Waals surface area contributed by atoms with Gasteiger partial charge >= 0.3 is 0 Å². The monoisotopic (exact) mass is 411 g/mol. The Bertz CT molecular complexity index is 928. The van der Waals surface area contributed by atoms with Crippen molar-refractivity contribution in [3.05, 3.63) is 41.7 Å². The minimum Gasteiger partial charge on any atom is -0.454 e. The number of aryl methyl sites for hydroxylation is 1. The molecule has 1 fully saturated rings. The summed E-state index contributed by atoms with van der Waals surface area (Å²) in [4.78, 5) is 23.2. The van der Waals surface area contributed by atoms with E-state index in [1.54, 1.807) is 6.08 Å². The van der Waals surface area contributed by atoms with Crippen molar-refractivity contribution < 1.29 is 19.0 Å². The molecule has 0 unspecified atom stereocenters. The third-order valence-corrected chi connectivity index (χ3v) is 4.71. The van der Waals surface area contributed by atoms with E-state index in [4.69, 9.17) is 14.2 Å². The quantitative estimate of drug-likeness (QED) is 0.524. The lowest BCUT2D eigenvalue weighted by atomic mass is 10.2. The van der Waals surface area contributed by atoms with Crippen molar-refractivity contribution in [2.75, 3.05) is 56.4 Å². The molecule has 1 aromatic carbocycles. The Kier molecular flexibility index (Phi) is 6.29. The van der Waals surface area contributed by atoms with Crippen LogP contribution in [0.5, 0.6) is 11.5 Å². The Hall–Kier alpha value is -3.33. The molecule has 0 radical (unpaired) electrons. The lowest BCUT2D eigenvalue weighted by Gasteiger charge is -2.28. The first kappa shape index (κ1) is 20.0. The molecular weight excluding hydrogens is 386 g/mol. The van der Waals surface area contributed by atoms with E-state index in [-0.39, 0.29) is 12.7 Å². The van der Waals surface area contributed by atoms with Gasteiger partial charge in [0.25, 0.3) is 0 Å². The molecule has 0 saturated carbocycles. The number of hydrogen-bond donors (Lipinski definition) is 2. The largest absolute Gasteiger partial charge is 0.454 e. The highest BCUT2D eigenvalue weighted by Crippen LogP contribution is 2.32. The molecule has 9 nitrogen and oxygen atoms in total. The van der Waals surface area contributed by atoms with Gasteiger partial charge in [-0.05, 0) is 30.7 Å². The van der Waals surface area contributed by atoms with Gasteiger partial charge in [-0.15, -0.1) is 0 Å². The summed E-state index contributed by atoms with van der Waals surface area (Å²) in [6, 6.07) is 7.48. The number of nitrogens with zero attached hydrogens (tertiary/aromatic N) is 3. The van der Waals surface area contributed by atoms with E-state index < -0.39 is 0 Å². The third-order valence-electron chi connectivity index (χ3n) is 4.71. The lowest BCUT2D eigenvalue weighted by Crippen LogP contribution is -2.37. The smallest absolute Gasteiger partial charge is 0.244 e. The Morgan fingerprint density at radius 1 is 1.13 bits per heavy atom. The highest BCUT2D eigenvalue weighted by molar-refractivity contribution is 5.91. The summed E-state index contributed by atoms with van der Waals surface area (Å²) >= 11 is 0. The van der Waals surface area contributed by atoms with Gasteiger partial charge in [-0.2, -0.15) is 0 Å². The molecule has 2 aliphatic heterocycles. The second-order valence-electron chi connectivity index (χ2n) is 6.92. The first-order chi connectivity index (χ1) is 14.7. The number of carbonyl (C=O) groups is 1. The molecule has 4 rings (SSSR count). The number of nitrogens with one attached hydrogen (secondary N) is 2. The molecule has 1 aromatic heterocycles. The van der Waals surface area contributed by atoms with Crippen LogP contribution in [0.3, 0.4) is 0 Å². The molecule has 2 aliphatic rings. The number of carbonyl (C=O) groups excluding carboxylic acids is 1. The summed E-state index contributed by atoms with van der Waals surface area (Å²) in [6.07, 6.45) is 3.25. The Balaban J connectivity index is 1.23. The van der Waals surface area contributed by atoms with Crippen molar-refractivity contribution >= 4 is 23.6 Å². The van der Waals surface area contributed by atoms with Gasteiger partial charge in [0.1, 0.15) is 17.5 Å². The van der Waals surface area contributed by atoms with E-state index in [9.17, 15) is 4.79 Å². The van der Waals surface area contributed by atoms with E-state index in [2.05, 4.69) is 25.5 Å². The van der Waals surface area contributed by atoms with Gasteiger partial charge in [0.2, 0.25) is 12.7 Å². The van der Waals surface area contributed by atoms with E-state index in [0.717, 1.165) is 36.0 Å². The Morgan fingerprint density at radius 3 is 2.83 bits per heavy atom. The van der Waals surface area contributed by atoms with Crippen LogP contribution >= 0.6 is 0 Å². The zero-order chi connectivity index (χ0) is 20.8. The molecule has 0 bridgehead atoms. The fourth-order valence-electron chi connectivity index (χ4n) is 3.22. The van der Waals surface area contributed by atoms with Gasteiger partial charge in [-0.25, -0.2) is 9.97 Å². The predicted octanol–water partition coefficient (Wildman–Crippen LogP) is 1.59. The first-order valence-electron chi connectivity index (χ1n) is 9.95. The zero-order valence-corrected chi connectivity index (χ0v) is 16.9. The summed E-state index contributed by atoms with van der Waals surface area (Å²) < 4.78 is 16.0. The fourth-order valence-corrected chi connectivity index (χ4v) is 3.22. The molecule has 9 heteroatoms. The summed E-state index contributed by atoms with van der Waals surface area (Å²) in [5.74, 6) is 3.59. The topological polar surface area (TPSA) is 97.8 Å². The van der Waals surface area contributed by atoms with E-state index in [1.807, 2.05) is 31.2 Å². The van der Waals surface area contributed by atoms with Gasteiger partial charge in [0, 0.05) is 38.3 Å².